The van der Waals surface area contributed by atoms with Crippen LogP contribution in [0.25, 0.3) is 11.3 Å². The number of alkyl carbamates (subject to hydrolysis) is 1. The molecule has 3 N–H and O–H groups in total. The van der Waals surface area contributed by atoms with E-state index in [1.165, 1.54) is 19.1 Å². The minimum absolute atomic E-state index is 0.224. The van der Waals surface area contributed by atoms with Crippen molar-refractivity contribution in [3.63, 3.8) is 0 Å². The summed E-state index contributed by atoms with van der Waals surface area (Å²) in [5.41, 5.74) is 0.667. The molecule has 0 aliphatic rings. The fraction of sp³-hybridized carbons (Fsp3) is 0.409. The summed E-state index contributed by atoms with van der Waals surface area (Å²) in [6.07, 6.45) is 0.855. The number of hydrogen-bond acceptors (Lipinski definition) is 6. The molecular weight excluding hydrogens is 403 g/mol. The summed E-state index contributed by atoms with van der Waals surface area (Å²) in [7, 11) is 1.56. The van der Waals surface area contributed by atoms with Gasteiger partial charge in [-0.2, -0.15) is 0 Å². The highest BCUT2D eigenvalue weighted by molar-refractivity contribution is 6.01. The molecule has 2 amide bonds. The predicted molar refractivity (Wildman–Crippen MR) is 117 cm³/mol. The van der Waals surface area contributed by atoms with Crippen molar-refractivity contribution in [2.24, 2.45) is 0 Å². The number of ether oxygens (including phenoxy) is 2. The van der Waals surface area contributed by atoms with Gasteiger partial charge in [0, 0.05) is 19.9 Å². The van der Waals surface area contributed by atoms with Crippen molar-refractivity contribution in [1.82, 2.24) is 10.3 Å². The van der Waals surface area contributed by atoms with Crippen LogP contribution in [-0.4, -0.2) is 48.9 Å². The van der Waals surface area contributed by atoms with Crippen LogP contribution in [0.2, 0.25) is 0 Å². The van der Waals surface area contributed by atoms with Crippen LogP contribution in [0.1, 0.15) is 27.7 Å². The van der Waals surface area contributed by atoms with E-state index >= 15 is 0 Å². The maximum absolute atomic E-state index is 14.8. The van der Waals surface area contributed by atoms with Crippen molar-refractivity contribution < 1.29 is 23.5 Å². The van der Waals surface area contributed by atoms with Crippen LogP contribution in [0.4, 0.5) is 20.6 Å². The molecule has 8 nitrogen and oxygen atoms in total. The lowest BCUT2D eigenvalue weighted by Crippen LogP contribution is -2.44. The van der Waals surface area contributed by atoms with Crippen LogP contribution in [0.5, 0.6) is 0 Å². The molecule has 0 saturated carbocycles. The Morgan fingerprint density at radius 2 is 1.94 bits per heavy atom. The first-order chi connectivity index (χ1) is 14.6. The molecule has 1 aromatic carbocycles. The number of rotatable bonds is 8. The molecular formula is C22H29FN4O4. The van der Waals surface area contributed by atoms with Crippen LogP contribution in [0.3, 0.4) is 0 Å². The maximum Gasteiger partial charge on any atom is 0.408 e. The van der Waals surface area contributed by atoms with Crippen LogP contribution in [0.15, 0.2) is 36.5 Å². The van der Waals surface area contributed by atoms with Crippen molar-refractivity contribution in [3.05, 3.63) is 42.3 Å². The molecule has 0 fully saturated rings. The Bertz CT molecular complexity index is 900. The minimum Gasteiger partial charge on any atom is -0.444 e. The largest absolute Gasteiger partial charge is 0.444 e. The van der Waals surface area contributed by atoms with E-state index in [4.69, 9.17) is 9.47 Å². The summed E-state index contributed by atoms with van der Waals surface area (Å²) in [5.74, 6) is -0.976. The molecule has 1 heterocycles. The van der Waals surface area contributed by atoms with Gasteiger partial charge in [-0.05, 0) is 52.0 Å². The molecule has 2 rings (SSSR count). The Balaban J connectivity index is 2.28. The quantitative estimate of drug-likeness (QED) is 0.549. The van der Waals surface area contributed by atoms with Gasteiger partial charge in [0.25, 0.3) is 0 Å². The molecule has 31 heavy (non-hydrogen) atoms. The smallest absolute Gasteiger partial charge is 0.408 e. The number of halogens is 1. The summed E-state index contributed by atoms with van der Waals surface area (Å²) in [6, 6.07) is 6.98. The zero-order valence-electron chi connectivity index (χ0n) is 18.4. The number of carbonyl (C=O) groups is 2. The number of nitrogens with one attached hydrogen (secondary N) is 3. The van der Waals surface area contributed by atoms with E-state index in [1.807, 2.05) is 0 Å². The van der Waals surface area contributed by atoms with Gasteiger partial charge in [-0.1, -0.05) is 6.07 Å². The van der Waals surface area contributed by atoms with E-state index in [0.717, 1.165) is 0 Å². The van der Waals surface area contributed by atoms with Crippen molar-refractivity contribution in [2.75, 3.05) is 30.9 Å². The molecule has 0 spiro atoms. The zero-order valence-corrected chi connectivity index (χ0v) is 18.4. The summed E-state index contributed by atoms with van der Waals surface area (Å²) in [6.45, 7) is 7.48. The van der Waals surface area contributed by atoms with Gasteiger partial charge in [0.15, 0.2) is 0 Å². The summed E-state index contributed by atoms with van der Waals surface area (Å²) >= 11 is 0. The zero-order chi connectivity index (χ0) is 23.0. The van der Waals surface area contributed by atoms with Crippen LogP contribution in [-0.2, 0) is 14.3 Å². The first-order valence-corrected chi connectivity index (χ1v) is 9.89. The Labute approximate surface area is 181 Å². The Morgan fingerprint density at radius 3 is 2.55 bits per heavy atom. The van der Waals surface area contributed by atoms with E-state index < -0.39 is 29.5 Å². The molecule has 2 aromatic rings. The molecule has 0 aliphatic heterocycles. The second kappa shape index (κ2) is 10.7. The standard InChI is InChI=1S/C22H29FN4O4/c1-14(26-21(29)31-22(2,3)4)20(28)27-17-10-9-15(23)18(16-8-6-7-11-24-16)19(17)25-12-13-30-5/h6-11,14,25H,12-13H2,1-5H3,(H,26,29)(H,27,28)/t14-/m0/s1. The van der Waals surface area contributed by atoms with Crippen molar-refractivity contribution in [1.29, 1.82) is 0 Å². The second-order valence-electron chi connectivity index (χ2n) is 7.84. The molecule has 1 atom stereocenters. The fourth-order valence-corrected chi connectivity index (χ4v) is 2.70. The third-order valence-corrected chi connectivity index (χ3v) is 4.07. The fourth-order valence-electron chi connectivity index (χ4n) is 2.70. The van der Waals surface area contributed by atoms with E-state index in [1.54, 1.807) is 52.3 Å². The van der Waals surface area contributed by atoms with Crippen molar-refractivity contribution in [3.8, 4) is 11.3 Å². The van der Waals surface area contributed by atoms with Crippen LogP contribution in [0, 0.1) is 5.82 Å². The van der Waals surface area contributed by atoms with E-state index in [2.05, 4.69) is 20.9 Å². The Hall–Kier alpha value is -3.20. The Kier molecular flexibility index (Phi) is 8.32. The molecule has 0 radical (unpaired) electrons. The number of carbonyl (C=O) groups excluding carboxylic acids is 2. The lowest BCUT2D eigenvalue weighted by Gasteiger charge is -2.22. The molecule has 0 saturated heterocycles. The van der Waals surface area contributed by atoms with Gasteiger partial charge in [-0.15, -0.1) is 0 Å². The van der Waals surface area contributed by atoms with Gasteiger partial charge < -0.3 is 25.4 Å². The summed E-state index contributed by atoms with van der Waals surface area (Å²) < 4.78 is 25.0. The maximum atomic E-state index is 14.8. The topological polar surface area (TPSA) is 102 Å². The van der Waals surface area contributed by atoms with E-state index in [0.29, 0.717) is 30.2 Å². The molecule has 0 bridgehead atoms. The number of aromatic nitrogens is 1. The first kappa shape index (κ1) is 24.1. The van der Waals surface area contributed by atoms with Gasteiger partial charge in [0.05, 0.1) is 29.2 Å². The Morgan fingerprint density at radius 1 is 1.19 bits per heavy atom. The van der Waals surface area contributed by atoms with Crippen molar-refractivity contribution >= 4 is 23.4 Å². The van der Waals surface area contributed by atoms with Crippen LogP contribution >= 0.6 is 0 Å². The molecule has 9 heteroatoms. The number of methoxy groups -OCH3 is 1. The SMILES string of the molecule is COCCNc1c(NC(=O)[C@H](C)NC(=O)OC(C)(C)C)ccc(F)c1-c1ccccn1. The third kappa shape index (κ3) is 7.21. The monoisotopic (exact) mass is 432 g/mol. The number of nitrogens with zero attached hydrogens (tertiary/aromatic N) is 1. The van der Waals surface area contributed by atoms with E-state index in [-0.39, 0.29) is 5.56 Å². The first-order valence-electron chi connectivity index (χ1n) is 9.89. The van der Waals surface area contributed by atoms with Crippen LogP contribution < -0.4 is 16.0 Å². The normalized spacial score (nSPS) is 12.1. The van der Waals surface area contributed by atoms with Gasteiger partial charge in [0.2, 0.25) is 5.91 Å². The summed E-state index contributed by atoms with van der Waals surface area (Å²) in [5, 5.41) is 8.33. The molecule has 168 valence electrons. The third-order valence-electron chi connectivity index (χ3n) is 4.07. The number of benzene rings is 1. The second-order valence-corrected chi connectivity index (χ2v) is 7.84. The lowest BCUT2D eigenvalue weighted by atomic mass is 10.1. The minimum atomic E-state index is -0.884. The number of anilines is 2. The van der Waals surface area contributed by atoms with Gasteiger partial charge in [0.1, 0.15) is 17.5 Å². The molecule has 0 aliphatic carbocycles. The van der Waals surface area contributed by atoms with E-state index in [9.17, 15) is 14.0 Å². The lowest BCUT2D eigenvalue weighted by molar-refractivity contribution is -0.117. The van der Waals surface area contributed by atoms with Gasteiger partial charge in [-0.3, -0.25) is 9.78 Å². The molecule has 1 aromatic heterocycles. The highest BCUT2D eigenvalue weighted by Gasteiger charge is 2.23. The number of pyridine rings is 1. The van der Waals surface area contributed by atoms with Gasteiger partial charge in [-0.25, -0.2) is 9.18 Å². The van der Waals surface area contributed by atoms with Gasteiger partial charge >= 0.3 is 6.09 Å². The number of hydrogen-bond donors (Lipinski definition) is 3. The highest BCUT2D eigenvalue weighted by atomic mass is 19.1. The summed E-state index contributed by atoms with van der Waals surface area (Å²) in [4.78, 5) is 28.9. The average Bonchev–Trinajstić information content (AvgIpc) is 2.69. The molecule has 0 unspecified atom stereocenters. The number of amides is 2. The average molecular weight is 432 g/mol. The highest BCUT2D eigenvalue weighted by Crippen LogP contribution is 2.35. The predicted octanol–water partition coefficient (Wildman–Crippen LogP) is 3.80. The van der Waals surface area contributed by atoms with Crippen molar-refractivity contribution in [2.45, 2.75) is 39.3 Å².